The third-order valence-corrected chi connectivity index (χ3v) is 16.5. The van der Waals surface area contributed by atoms with E-state index in [-0.39, 0.29) is 0 Å². The van der Waals surface area contributed by atoms with Gasteiger partial charge in [0, 0.05) is 78.2 Å². The molecule has 0 radical (unpaired) electrons. The summed E-state index contributed by atoms with van der Waals surface area (Å²) in [7, 11) is 0. The molecule has 0 fully saturated rings. The van der Waals surface area contributed by atoms with Crippen LogP contribution in [-0.4, -0.2) is 19.1 Å². The van der Waals surface area contributed by atoms with E-state index < -0.39 is 0 Å². The van der Waals surface area contributed by atoms with Gasteiger partial charge in [-0.1, -0.05) is 133 Å². The molecule has 0 aliphatic heterocycles. The number of rotatable bonds is 10. The monoisotopic (exact) mass is 1080 g/mol. The fourth-order valence-corrected chi connectivity index (χ4v) is 12.6. The first-order valence-corrected chi connectivity index (χ1v) is 28.3. The number of nitrogens with zero attached hydrogens (tertiary/aromatic N) is 6. The molecule has 8 nitrogen and oxygen atoms in total. The minimum Gasteiger partial charge on any atom is -0.436 e. The number of para-hydroxylation sites is 8. The molecule has 0 atom stereocenters. The molecule has 0 aliphatic rings. The Morgan fingerprint density at radius 3 is 1.04 bits per heavy atom. The maximum atomic E-state index is 6.24. The van der Waals surface area contributed by atoms with Gasteiger partial charge < -0.3 is 27.8 Å². The van der Waals surface area contributed by atoms with Crippen LogP contribution in [0.5, 0.6) is 0 Å². The van der Waals surface area contributed by atoms with Crippen molar-refractivity contribution in [2.45, 2.75) is 0 Å². The van der Waals surface area contributed by atoms with Gasteiger partial charge in [0.05, 0.1) is 22.1 Å². The summed E-state index contributed by atoms with van der Waals surface area (Å²) < 4.78 is 17.2. The van der Waals surface area contributed by atoms with E-state index >= 15 is 0 Å². The molecule has 13 aromatic carbocycles. The van der Waals surface area contributed by atoms with E-state index in [9.17, 15) is 0 Å². The number of hydrogen-bond donors (Lipinski definition) is 0. The normalized spacial score (nSPS) is 11.8. The van der Waals surface area contributed by atoms with Crippen molar-refractivity contribution in [3.63, 3.8) is 0 Å². The van der Waals surface area contributed by atoms with E-state index in [4.69, 9.17) is 18.8 Å². The van der Waals surface area contributed by atoms with Crippen LogP contribution in [0.25, 0.3) is 122 Å². The predicted molar refractivity (Wildman–Crippen MR) is 346 cm³/mol. The SMILES string of the molecule is c1ccc(-n2c3ccccc3c3ccc(N(c4ccc(-c5nc6ccccc6o5)cc4)c4ccc5c(ccc6cc(N(c7ccc(-c8nc9ccccc9o8)cc7)c7ccc8c9ccccc9n(-c9ccccc9)c8c7)ccc65)c4)cc32)cc1. The summed E-state index contributed by atoms with van der Waals surface area (Å²) in [5.41, 5.74) is 18.0. The van der Waals surface area contributed by atoms with Crippen LogP contribution >= 0.6 is 0 Å². The third kappa shape index (κ3) is 7.76. The van der Waals surface area contributed by atoms with Gasteiger partial charge in [-0.05, 0) is 179 Å². The summed E-state index contributed by atoms with van der Waals surface area (Å²) in [5.74, 6) is 1.18. The molecular formula is C76H48N6O2. The van der Waals surface area contributed by atoms with E-state index in [1.54, 1.807) is 0 Å². The lowest BCUT2D eigenvalue weighted by Gasteiger charge is -2.27. The van der Waals surface area contributed by atoms with Crippen LogP contribution in [0.15, 0.2) is 300 Å². The summed E-state index contributed by atoms with van der Waals surface area (Å²) >= 11 is 0. The van der Waals surface area contributed by atoms with E-state index in [1.807, 2.05) is 48.5 Å². The van der Waals surface area contributed by atoms with E-state index in [2.05, 4.69) is 262 Å². The van der Waals surface area contributed by atoms with Crippen LogP contribution in [0, 0.1) is 0 Å². The number of hydrogen-bond acceptors (Lipinski definition) is 6. The lowest BCUT2D eigenvalue weighted by molar-refractivity contribution is 0.619. The van der Waals surface area contributed by atoms with Crippen LogP contribution in [0.2, 0.25) is 0 Å². The van der Waals surface area contributed by atoms with Crippen LogP contribution in [0.1, 0.15) is 0 Å². The Bertz CT molecular complexity index is 4990. The highest BCUT2D eigenvalue weighted by Crippen LogP contribution is 2.45. The fourth-order valence-electron chi connectivity index (χ4n) is 12.6. The Labute approximate surface area is 482 Å². The topological polar surface area (TPSA) is 68.4 Å². The summed E-state index contributed by atoms with van der Waals surface area (Å²) in [6.45, 7) is 0. The molecule has 0 spiro atoms. The number of oxazole rings is 2. The van der Waals surface area contributed by atoms with Crippen molar-refractivity contribution in [2.75, 3.05) is 9.80 Å². The predicted octanol–water partition coefficient (Wildman–Crippen LogP) is 20.7. The average molecular weight is 1080 g/mol. The molecule has 0 bridgehead atoms. The Morgan fingerprint density at radius 1 is 0.262 bits per heavy atom. The van der Waals surface area contributed by atoms with Gasteiger partial charge in [-0.15, -0.1) is 0 Å². The molecule has 4 aromatic heterocycles. The van der Waals surface area contributed by atoms with Crippen LogP contribution in [0.3, 0.4) is 0 Å². The smallest absolute Gasteiger partial charge is 0.227 e. The molecule has 0 amide bonds. The zero-order chi connectivity index (χ0) is 55.2. The maximum absolute atomic E-state index is 6.24. The Balaban J connectivity index is 0.798. The first-order chi connectivity index (χ1) is 41.6. The highest BCUT2D eigenvalue weighted by molar-refractivity contribution is 6.13. The standard InChI is InChI=1S/C76H48N6O2/c1-3-15-53(16-4-1)81-69-23-11-7-19-63(69)65-43-39-59(47-71(65)81)79(55-33-29-49(30-34-55)75-77-67-21-9-13-25-73(67)83-75)57-37-41-61-51(45-57)27-28-52-46-58(38-42-62(52)61)80(56-35-31-50(32-36-56)76-78-68-22-10-14-26-74(68)84-76)60-40-44-66-64-20-8-12-24-70(64)82(72(66)48-60)54-17-5-2-6-18-54/h1-48H. The Hall–Kier alpha value is -11.5. The summed E-state index contributed by atoms with van der Waals surface area (Å²) in [6.07, 6.45) is 0. The quantitative estimate of drug-likeness (QED) is 0.127. The van der Waals surface area contributed by atoms with E-state index in [1.165, 1.54) is 21.5 Å². The second kappa shape index (κ2) is 19.1. The van der Waals surface area contributed by atoms with Gasteiger partial charge in [0.25, 0.3) is 0 Å². The van der Waals surface area contributed by atoms with Gasteiger partial charge in [-0.2, -0.15) is 0 Å². The minimum absolute atomic E-state index is 0.592. The van der Waals surface area contributed by atoms with Crippen LogP contribution in [-0.2, 0) is 0 Å². The molecular weight excluding hydrogens is 1030 g/mol. The first kappa shape index (κ1) is 47.3. The summed E-state index contributed by atoms with van der Waals surface area (Å²) in [6, 6.07) is 103. The highest BCUT2D eigenvalue weighted by Gasteiger charge is 2.22. The van der Waals surface area contributed by atoms with Crippen molar-refractivity contribution < 1.29 is 8.83 Å². The van der Waals surface area contributed by atoms with Crippen molar-refractivity contribution in [1.82, 2.24) is 19.1 Å². The van der Waals surface area contributed by atoms with Crippen molar-refractivity contribution in [3.05, 3.63) is 291 Å². The molecule has 394 valence electrons. The van der Waals surface area contributed by atoms with E-state index in [0.29, 0.717) is 11.8 Å². The largest absolute Gasteiger partial charge is 0.436 e. The molecule has 8 heteroatoms. The fraction of sp³-hybridized carbons (Fsp3) is 0. The zero-order valence-corrected chi connectivity index (χ0v) is 45.2. The van der Waals surface area contributed by atoms with Crippen molar-refractivity contribution in [3.8, 4) is 34.3 Å². The molecule has 0 N–H and O–H groups in total. The molecule has 17 aromatic rings. The summed E-state index contributed by atoms with van der Waals surface area (Å²) in [4.78, 5) is 14.4. The summed E-state index contributed by atoms with van der Waals surface area (Å²) in [5, 5.41) is 9.40. The first-order valence-electron chi connectivity index (χ1n) is 28.3. The van der Waals surface area contributed by atoms with Crippen LogP contribution < -0.4 is 9.80 Å². The number of aromatic nitrogens is 4. The molecule has 0 unspecified atom stereocenters. The van der Waals surface area contributed by atoms with Gasteiger partial charge in [-0.3, -0.25) is 0 Å². The Kier molecular flexibility index (Phi) is 10.8. The molecule has 84 heavy (non-hydrogen) atoms. The highest BCUT2D eigenvalue weighted by atomic mass is 16.4. The minimum atomic E-state index is 0.592. The average Bonchev–Trinajstić information content (AvgIpc) is 3.94. The van der Waals surface area contributed by atoms with E-state index in [0.717, 1.165) is 122 Å². The van der Waals surface area contributed by atoms with Gasteiger partial charge in [-0.25, -0.2) is 9.97 Å². The van der Waals surface area contributed by atoms with Crippen molar-refractivity contribution in [1.29, 1.82) is 0 Å². The molecule has 0 saturated heterocycles. The zero-order valence-electron chi connectivity index (χ0n) is 45.2. The van der Waals surface area contributed by atoms with Crippen LogP contribution in [0.4, 0.5) is 34.1 Å². The van der Waals surface area contributed by atoms with Gasteiger partial charge in [0.1, 0.15) is 11.0 Å². The maximum Gasteiger partial charge on any atom is 0.227 e. The number of benzene rings is 13. The molecule has 4 heterocycles. The molecule has 17 rings (SSSR count). The Morgan fingerprint density at radius 2 is 0.607 bits per heavy atom. The van der Waals surface area contributed by atoms with Gasteiger partial charge >= 0.3 is 0 Å². The van der Waals surface area contributed by atoms with Gasteiger partial charge in [0.15, 0.2) is 11.2 Å². The van der Waals surface area contributed by atoms with Gasteiger partial charge in [0.2, 0.25) is 11.8 Å². The second-order valence-corrected chi connectivity index (χ2v) is 21.4. The lowest BCUT2D eigenvalue weighted by atomic mass is 9.99. The second-order valence-electron chi connectivity index (χ2n) is 21.4. The van der Waals surface area contributed by atoms with Crippen molar-refractivity contribution >= 4 is 121 Å². The third-order valence-electron chi connectivity index (χ3n) is 16.5. The lowest BCUT2D eigenvalue weighted by Crippen LogP contribution is -2.10. The molecule has 0 aliphatic carbocycles. The molecule has 0 saturated carbocycles. The number of anilines is 6. The number of fused-ring (bicyclic) bond motifs is 11. The van der Waals surface area contributed by atoms with Crippen molar-refractivity contribution in [2.24, 2.45) is 0 Å².